The van der Waals surface area contributed by atoms with Gasteiger partial charge in [0, 0.05) is 25.8 Å². The second-order valence-electron chi connectivity index (χ2n) is 4.09. The summed E-state index contributed by atoms with van der Waals surface area (Å²) in [5.74, 6) is 0. The summed E-state index contributed by atoms with van der Waals surface area (Å²) < 4.78 is 12.9. The van der Waals surface area contributed by atoms with E-state index in [9.17, 15) is 0 Å². The summed E-state index contributed by atoms with van der Waals surface area (Å²) in [5, 5.41) is 4.16. The monoisotopic (exact) mass is 225 g/mol. The first-order chi connectivity index (χ1) is 7.81. The smallest absolute Gasteiger partial charge is 0.0889 e. The minimum Gasteiger partial charge on any atom is -0.376 e. The Morgan fingerprint density at radius 2 is 2.56 bits per heavy atom. The molecule has 0 unspecified atom stereocenters. The van der Waals surface area contributed by atoms with E-state index < -0.39 is 0 Å². The molecule has 16 heavy (non-hydrogen) atoms. The number of hydrogen-bond donors (Lipinski definition) is 1. The lowest BCUT2D eigenvalue weighted by atomic mass is 10.2. The molecule has 0 radical (unpaired) electrons. The molecule has 0 saturated carbocycles. The van der Waals surface area contributed by atoms with Crippen LogP contribution in [0.1, 0.15) is 24.1 Å². The van der Waals surface area contributed by atoms with E-state index in [-0.39, 0.29) is 6.10 Å². The third-order valence-corrected chi connectivity index (χ3v) is 2.93. The van der Waals surface area contributed by atoms with E-state index in [0.29, 0.717) is 19.8 Å². The van der Waals surface area contributed by atoms with E-state index >= 15 is 0 Å². The fourth-order valence-corrected chi connectivity index (χ4v) is 1.93. The topological polar surface area (TPSA) is 62.3 Å². The van der Waals surface area contributed by atoms with Gasteiger partial charge in [-0.2, -0.15) is 5.10 Å². The molecule has 0 bridgehead atoms. The predicted octanol–water partition coefficient (Wildman–Crippen LogP) is 0.574. The van der Waals surface area contributed by atoms with E-state index in [4.69, 9.17) is 15.2 Å². The van der Waals surface area contributed by atoms with Gasteiger partial charge in [-0.3, -0.25) is 4.68 Å². The fourth-order valence-electron chi connectivity index (χ4n) is 1.93. The van der Waals surface area contributed by atoms with Gasteiger partial charge in [-0.15, -0.1) is 0 Å². The Morgan fingerprint density at radius 3 is 3.25 bits per heavy atom. The van der Waals surface area contributed by atoms with Gasteiger partial charge in [-0.05, 0) is 12.8 Å². The normalized spacial score (nSPS) is 20.5. The summed E-state index contributed by atoms with van der Waals surface area (Å²) in [6.45, 7) is 2.60. The number of ether oxygens (including phenoxy) is 2. The van der Waals surface area contributed by atoms with E-state index in [1.807, 2.05) is 11.7 Å². The lowest BCUT2D eigenvalue weighted by molar-refractivity contribution is 0.00864. The number of nitrogens with zero attached hydrogens (tertiary/aromatic N) is 2. The summed E-state index contributed by atoms with van der Waals surface area (Å²) in [4.78, 5) is 0. The van der Waals surface area contributed by atoms with Crippen LogP contribution in [0.5, 0.6) is 0 Å². The fraction of sp³-hybridized carbons (Fsp3) is 0.727. The van der Waals surface area contributed by atoms with Gasteiger partial charge >= 0.3 is 0 Å². The van der Waals surface area contributed by atoms with Crippen LogP contribution in [0.3, 0.4) is 0 Å². The van der Waals surface area contributed by atoms with Gasteiger partial charge in [0.2, 0.25) is 0 Å². The first-order valence-corrected chi connectivity index (χ1v) is 5.70. The maximum absolute atomic E-state index is 5.64. The molecule has 90 valence electrons. The summed E-state index contributed by atoms with van der Waals surface area (Å²) in [6, 6.07) is 0. The summed E-state index contributed by atoms with van der Waals surface area (Å²) in [6.07, 6.45) is 4.32. The standard InChI is InChI=1S/C11H19N3O2/c1-14-11(9(5-12)6-13-14)8-15-7-10-3-2-4-16-10/h6,10H,2-5,7-8,12H2,1H3/t10-/m0/s1. The number of hydrogen-bond acceptors (Lipinski definition) is 4. The van der Waals surface area contributed by atoms with Crippen LogP contribution in [0.4, 0.5) is 0 Å². The molecular formula is C11H19N3O2. The molecule has 1 aromatic rings. The molecule has 0 spiro atoms. The van der Waals surface area contributed by atoms with Crippen molar-refractivity contribution in [2.45, 2.75) is 32.1 Å². The Labute approximate surface area is 95.5 Å². The van der Waals surface area contributed by atoms with E-state index in [2.05, 4.69) is 5.10 Å². The van der Waals surface area contributed by atoms with Crippen LogP contribution in [0.15, 0.2) is 6.20 Å². The maximum atomic E-state index is 5.64. The minimum absolute atomic E-state index is 0.273. The molecule has 2 rings (SSSR count). The summed E-state index contributed by atoms with van der Waals surface area (Å²) in [5.41, 5.74) is 7.73. The SMILES string of the molecule is Cn1ncc(CN)c1COC[C@@H]1CCCO1. The van der Waals surface area contributed by atoms with Crippen LogP contribution < -0.4 is 5.73 Å². The third-order valence-electron chi connectivity index (χ3n) is 2.93. The highest BCUT2D eigenvalue weighted by atomic mass is 16.5. The molecule has 1 aliphatic rings. The molecule has 1 aliphatic heterocycles. The number of rotatable bonds is 5. The Bertz CT molecular complexity index is 332. The zero-order chi connectivity index (χ0) is 11.4. The van der Waals surface area contributed by atoms with Crippen molar-refractivity contribution in [3.63, 3.8) is 0 Å². The van der Waals surface area contributed by atoms with Crippen molar-refractivity contribution < 1.29 is 9.47 Å². The molecular weight excluding hydrogens is 206 g/mol. The highest BCUT2D eigenvalue weighted by Crippen LogP contribution is 2.14. The quantitative estimate of drug-likeness (QED) is 0.796. The molecule has 5 heteroatoms. The second-order valence-corrected chi connectivity index (χ2v) is 4.09. The highest BCUT2D eigenvalue weighted by molar-refractivity contribution is 5.16. The van der Waals surface area contributed by atoms with Crippen molar-refractivity contribution in [2.75, 3.05) is 13.2 Å². The van der Waals surface area contributed by atoms with Crippen LogP contribution in [-0.4, -0.2) is 29.1 Å². The van der Waals surface area contributed by atoms with Crippen molar-refractivity contribution in [1.82, 2.24) is 9.78 Å². The zero-order valence-corrected chi connectivity index (χ0v) is 9.69. The van der Waals surface area contributed by atoms with Crippen LogP contribution in [-0.2, 0) is 29.7 Å². The Kier molecular flexibility index (Phi) is 3.93. The van der Waals surface area contributed by atoms with Crippen LogP contribution >= 0.6 is 0 Å². The minimum atomic E-state index is 0.273. The highest BCUT2D eigenvalue weighted by Gasteiger charge is 2.16. The molecule has 1 saturated heterocycles. The van der Waals surface area contributed by atoms with Crippen LogP contribution in [0.2, 0.25) is 0 Å². The average molecular weight is 225 g/mol. The Hall–Kier alpha value is -0.910. The van der Waals surface area contributed by atoms with E-state index in [1.54, 1.807) is 6.20 Å². The predicted molar refractivity (Wildman–Crippen MR) is 59.7 cm³/mol. The van der Waals surface area contributed by atoms with Gasteiger partial charge < -0.3 is 15.2 Å². The molecule has 0 aliphatic carbocycles. The van der Waals surface area contributed by atoms with Crippen molar-refractivity contribution in [3.8, 4) is 0 Å². The number of aromatic nitrogens is 2. The maximum Gasteiger partial charge on any atom is 0.0889 e. The zero-order valence-electron chi connectivity index (χ0n) is 9.69. The molecule has 1 aromatic heterocycles. The number of aryl methyl sites for hydroxylation is 1. The molecule has 0 amide bonds. The molecule has 2 N–H and O–H groups in total. The van der Waals surface area contributed by atoms with Crippen LogP contribution in [0.25, 0.3) is 0 Å². The van der Waals surface area contributed by atoms with Gasteiger partial charge in [-0.1, -0.05) is 0 Å². The third kappa shape index (κ3) is 2.61. The molecule has 1 atom stereocenters. The lowest BCUT2D eigenvalue weighted by Gasteiger charge is -2.11. The van der Waals surface area contributed by atoms with Gasteiger partial charge in [0.15, 0.2) is 0 Å². The Morgan fingerprint density at radius 1 is 1.69 bits per heavy atom. The van der Waals surface area contributed by atoms with Crippen molar-refractivity contribution in [3.05, 3.63) is 17.5 Å². The van der Waals surface area contributed by atoms with Crippen molar-refractivity contribution in [2.24, 2.45) is 12.8 Å². The molecule has 2 heterocycles. The van der Waals surface area contributed by atoms with Crippen molar-refractivity contribution in [1.29, 1.82) is 0 Å². The second kappa shape index (κ2) is 5.43. The van der Waals surface area contributed by atoms with Gasteiger partial charge in [-0.25, -0.2) is 0 Å². The van der Waals surface area contributed by atoms with Crippen molar-refractivity contribution >= 4 is 0 Å². The average Bonchev–Trinajstić information content (AvgIpc) is 2.90. The number of nitrogens with two attached hydrogens (primary N) is 1. The summed E-state index contributed by atoms with van der Waals surface area (Å²) >= 11 is 0. The Balaban J connectivity index is 1.81. The van der Waals surface area contributed by atoms with Gasteiger partial charge in [0.05, 0.1) is 31.2 Å². The summed E-state index contributed by atoms with van der Waals surface area (Å²) in [7, 11) is 1.91. The first kappa shape index (κ1) is 11.6. The van der Waals surface area contributed by atoms with E-state index in [0.717, 1.165) is 30.7 Å². The first-order valence-electron chi connectivity index (χ1n) is 5.70. The van der Waals surface area contributed by atoms with E-state index in [1.165, 1.54) is 0 Å². The van der Waals surface area contributed by atoms with Gasteiger partial charge in [0.1, 0.15) is 0 Å². The van der Waals surface area contributed by atoms with Crippen LogP contribution in [0, 0.1) is 0 Å². The largest absolute Gasteiger partial charge is 0.376 e. The molecule has 1 fully saturated rings. The molecule has 5 nitrogen and oxygen atoms in total. The lowest BCUT2D eigenvalue weighted by Crippen LogP contribution is -2.15. The van der Waals surface area contributed by atoms with Gasteiger partial charge in [0.25, 0.3) is 0 Å². The molecule has 0 aromatic carbocycles.